The Kier molecular flexibility index (Phi) is 6.40. The van der Waals surface area contributed by atoms with Crippen LogP contribution in [0.15, 0.2) is 36.7 Å². The van der Waals surface area contributed by atoms with Crippen molar-refractivity contribution in [1.82, 2.24) is 30.3 Å². The number of pyridine rings is 1. The lowest BCUT2D eigenvalue weighted by Gasteiger charge is -2.29. The minimum Gasteiger partial charge on any atom is -0.480 e. The predicted octanol–water partition coefficient (Wildman–Crippen LogP) is 1.85. The first-order chi connectivity index (χ1) is 15.9. The van der Waals surface area contributed by atoms with Crippen molar-refractivity contribution in [2.24, 2.45) is 0 Å². The molecule has 0 bridgehead atoms. The van der Waals surface area contributed by atoms with Gasteiger partial charge in [0.1, 0.15) is 5.82 Å². The van der Waals surface area contributed by atoms with E-state index in [9.17, 15) is 18.0 Å². The summed E-state index contributed by atoms with van der Waals surface area (Å²) in [6.45, 7) is 2.34. The molecule has 3 aromatic rings. The van der Waals surface area contributed by atoms with Gasteiger partial charge in [-0.05, 0) is 12.1 Å². The standard InChI is InChI=1S/C20H20F3N7O3/c1-32-16-5-4-15(27-28-16)30-17(20(21,22)23)14(12-26-30)19(31)25-11-13-3-2-6-24-18(13)29-7-9-33-10-8-29/h2-6,12H,7-11H2,1H3,(H,25,31). The largest absolute Gasteiger partial charge is 0.480 e. The molecule has 1 aliphatic rings. The van der Waals surface area contributed by atoms with Gasteiger partial charge in [-0.1, -0.05) is 6.07 Å². The highest BCUT2D eigenvalue weighted by atomic mass is 19.4. The molecule has 0 aromatic carbocycles. The predicted molar refractivity (Wildman–Crippen MR) is 109 cm³/mol. The second-order valence-corrected chi connectivity index (χ2v) is 7.02. The van der Waals surface area contributed by atoms with Crippen molar-refractivity contribution in [3.63, 3.8) is 0 Å². The number of anilines is 1. The zero-order chi connectivity index (χ0) is 23.4. The minimum atomic E-state index is -4.86. The number of carbonyl (C=O) groups is 1. The summed E-state index contributed by atoms with van der Waals surface area (Å²) in [5.41, 5.74) is -1.20. The number of methoxy groups -OCH3 is 1. The van der Waals surface area contributed by atoms with E-state index in [1.54, 1.807) is 18.3 Å². The summed E-state index contributed by atoms with van der Waals surface area (Å²) >= 11 is 0. The van der Waals surface area contributed by atoms with Crippen LogP contribution in [0.1, 0.15) is 21.6 Å². The van der Waals surface area contributed by atoms with Crippen molar-refractivity contribution in [2.45, 2.75) is 12.7 Å². The first-order valence-electron chi connectivity index (χ1n) is 9.96. The SMILES string of the molecule is COc1ccc(-n2ncc(C(=O)NCc3cccnc3N3CCOCC3)c2C(F)(F)F)nn1. The third kappa shape index (κ3) is 4.87. The van der Waals surface area contributed by atoms with Crippen LogP contribution in [-0.4, -0.2) is 64.3 Å². The van der Waals surface area contributed by atoms with Crippen LogP contribution in [0.2, 0.25) is 0 Å². The van der Waals surface area contributed by atoms with E-state index in [-0.39, 0.29) is 18.2 Å². The molecule has 3 aromatic heterocycles. The minimum absolute atomic E-state index is 0.00974. The molecule has 0 aliphatic carbocycles. The number of aromatic nitrogens is 5. The highest BCUT2D eigenvalue weighted by Gasteiger charge is 2.41. The third-order valence-electron chi connectivity index (χ3n) is 4.95. The van der Waals surface area contributed by atoms with Crippen LogP contribution in [-0.2, 0) is 17.5 Å². The molecule has 4 rings (SSSR count). The van der Waals surface area contributed by atoms with Gasteiger partial charge in [0.25, 0.3) is 5.91 Å². The topological polar surface area (TPSA) is 107 Å². The number of ether oxygens (including phenoxy) is 2. The highest BCUT2D eigenvalue weighted by molar-refractivity contribution is 5.95. The number of nitrogens with one attached hydrogen (secondary N) is 1. The zero-order valence-electron chi connectivity index (χ0n) is 17.5. The van der Waals surface area contributed by atoms with Gasteiger partial charge in [0.15, 0.2) is 11.5 Å². The number of halogens is 3. The Bertz CT molecular complexity index is 1110. The Morgan fingerprint density at radius 2 is 2.00 bits per heavy atom. The number of alkyl halides is 3. The number of nitrogens with zero attached hydrogens (tertiary/aromatic N) is 6. The quantitative estimate of drug-likeness (QED) is 0.590. The fraction of sp³-hybridized carbons (Fsp3) is 0.350. The van der Waals surface area contributed by atoms with E-state index in [0.717, 1.165) is 6.20 Å². The van der Waals surface area contributed by atoms with E-state index >= 15 is 0 Å². The van der Waals surface area contributed by atoms with Crippen molar-refractivity contribution < 1.29 is 27.4 Å². The molecule has 1 aliphatic heterocycles. The molecule has 0 saturated carbocycles. The number of hydrogen-bond donors (Lipinski definition) is 1. The fourth-order valence-electron chi connectivity index (χ4n) is 3.39. The molecule has 10 nitrogen and oxygen atoms in total. The summed E-state index contributed by atoms with van der Waals surface area (Å²) in [5, 5.41) is 13.6. The molecule has 1 fully saturated rings. The first kappa shape index (κ1) is 22.5. The first-order valence-corrected chi connectivity index (χ1v) is 9.96. The molecule has 0 atom stereocenters. The average Bonchev–Trinajstić information content (AvgIpc) is 3.29. The second kappa shape index (κ2) is 9.40. The lowest BCUT2D eigenvalue weighted by Crippen LogP contribution is -2.38. The monoisotopic (exact) mass is 463 g/mol. The Morgan fingerprint density at radius 3 is 2.67 bits per heavy atom. The van der Waals surface area contributed by atoms with E-state index in [1.165, 1.54) is 19.2 Å². The maximum atomic E-state index is 13.9. The van der Waals surface area contributed by atoms with Gasteiger partial charge in [-0.3, -0.25) is 4.79 Å². The number of amides is 1. The summed E-state index contributed by atoms with van der Waals surface area (Å²) < 4.78 is 52.3. The van der Waals surface area contributed by atoms with Crippen molar-refractivity contribution >= 4 is 11.7 Å². The second-order valence-electron chi connectivity index (χ2n) is 7.02. The Morgan fingerprint density at radius 1 is 1.21 bits per heavy atom. The molecule has 174 valence electrons. The molecular weight excluding hydrogens is 443 g/mol. The van der Waals surface area contributed by atoms with Gasteiger partial charge in [0.05, 0.1) is 32.1 Å². The van der Waals surface area contributed by atoms with Crippen molar-refractivity contribution in [1.29, 1.82) is 0 Å². The van der Waals surface area contributed by atoms with Crippen molar-refractivity contribution in [2.75, 3.05) is 38.3 Å². The van der Waals surface area contributed by atoms with Gasteiger partial charge in [-0.15, -0.1) is 10.2 Å². The maximum absolute atomic E-state index is 13.9. The molecule has 1 saturated heterocycles. The molecule has 0 unspecified atom stereocenters. The van der Waals surface area contributed by atoms with E-state index in [1.807, 2.05) is 4.90 Å². The molecule has 13 heteroatoms. The van der Waals surface area contributed by atoms with E-state index in [4.69, 9.17) is 9.47 Å². The highest BCUT2D eigenvalue weighted by Crippen LogP contribution is 2.33. The molecular formula is C20H20F3N7O3. The van der Waals surface area contributed by atoms with Gasteiger partial charge < -0.3 is 19.7 Å². The van der Waals surface area contributed by atoms with Crippen LogP contribution < -0.4 is 15.0 Å². The van der Waals surface area contributed by atoms with E-state index < -0.39 is 23.3 Å². The summed E-state index contributed by atoms with van der Waals surface area (Å²) in [5.74, 6) is -0.345. The number of morpholine rings is 1. The normalized spacial score (nSPS) is 14.2. The average molecular weight is 463 g/mol. The lowest BCUT2D eigenvalue weighted by atomic mass is 10.2. The Hall–Kier alpha value is -3.74. The molecule has 0 radical (unpaired) electrons. The smallest absolute Gasteiger partial charge is 0.434 e. The molecule has 1 N–H and O–H groups in total. The molecule has 33 heavy (non-hydrogen) atoms. The van der Waals surface area contributed by atoms with Crippen LogP contribution in [0.5, 0.6) is 5.88 Å². The molecule has 0 spiro atoms. The number of rotatable bonds is 6. The maximum Gasteiger partial charge on any atom is 0.434 e. The van der Waals surface area contributed by atoms with Crippen LogP contribution in [0.25, 0.3) is 5.82 Å². The summed E-state index contributed by atoms with van der Waals surface area (Å²) in [6, 6.07) is 6.07. The Balaban J connectivity index is 1.57. The Labute approximate surface area is 186 Å². The zero-order valence-corrected chi connectivity index (χ0v) is 17.5. The lowest BCUT2D eigenvalue weighted by molar-refractivity contribution is -0.143. The van der Waals surface area contributed by atoms with Gasteiger partial charge in [0, 0.05) is 37.5 Å². The van der Waals surface area contributed by atoms with Crippen LogP contribution in [0, 0.1) is 0 Å². The van der Waals surface area contributed by atoms with Crippen LogP contribution >= 0.6 is 0 Å². The van der Waals surface area contributed by atoms with Gasteiger partial charge >= 0.3 is 6.18 Å². The van der Waals surface area contributed by atoms with Crippen LogP contribution in [0.3, 0.4) is 0 Å². The van der Waals surface area contributed by atoms with Gasteiger partial charge in [-0.25, -0.2) is 9.67 Å². The fourth-order valence-corrected chi connectivity index (χ4v) is 3.39. The summed E-state index contributed by atoms with van der Waals surface area (Å²) in [7, 11) is 1.36. The van der Waals surface area contributed by atoms with Gasteiger partial charge in [-0.2, -0.15) is 18.3 Å². The molecule has 4 heterocycles. The number of carbonyl (C=O) groups excluding carboxylic acids is 1. The summed E-state index contributed by atoms with van der Waals surface area (Å²) in [6.07, 6.45) is -2.38. The number of hydrogen-bond acceptors (Lipinski definition) is 8. The molecule has 1 amide bonds. The van der Waals surface area contributed by atoms with Crippen molar-refractivity contribution in [3.8, 4) is 11.7 Å². The van der Waals surface area contributed by atoms with E-state index in [2.05, 4.69) is 25.6 Å². The van der Waals surface area contributed by atoms with E-state index in [0.29, 0.717) is 42.4 Å². The third-order valence-corrected chi connectivity index (χ3v) is 4.95. The van der Waals surface area contributed by atoms with Gasteiger partial charge in [0.2, 0.25) is 5.88 Å². The summed E-state index contributed by atoms with van der Waals surface area (Å²) in [4.78, 5) is 19.1. The van der Waals surface area contributed by atoms with Crippen molar-refractivity contribution in [3.05, 3.63) is 53.5 Å². The van der Waals surface area contributed by atoms with Crippen LogP contribution in [0.4, 0.5) is 19.0 Å².